The maximum absolute atomic E-state index is 12.7. The molecule has 0 aliphatic heterocycles. The molecule has 63 heavy (non-hydrogen) atoms. The third-order valence-corrected chi connectivity index (χ3v) is 11.4. The fourth-order valence-corrected chi connectivity index (χ4v) is 7.24. The number of esters is 2. The van der Waals surface area contributed by atoms with Crippen molar-refractivity contribution in [2.45, 2.75) is 218 Å². The average molecular weight is 910 g/mol. The highest BCUT2D eigenvalue weighted by Crippen LogP contribution is 2.43. The number of hydrogen-bond donors (Lipinski definition) is 4. The predicted octanol–water partition coefficient (Wildman–Crippen LogP) is 12.5. The number of carboxylic acids is 1. The van der Waals surface area contributed by atoms with Crippen LogP contribution in [0.5, 0.6) is 0 Å². The van der Waals surface area contributed by atoms with E-state index in [1.54, 1.807) is 6.08 Å². The minimum Gasteiger partial charge on any atom is -0.480 e. The van der Waals surface area contributed by atoms with Crippen LogP contribution in [0.25, 0.3) is 0 Å². The lowest BCUT2D eigenvalue weighted by molar-refractivity contribution is -0.161. The van der Waals surface area contributed by atoms with E-state index < -0.39 is 57.2 Å². The second kappa shape index (κ2) is 44.3. The molecule has 12 nitrogen and oxygen atoms in total. The summed E-state index contributed by atoms with van der Waals surface area (Å²) in [4.78, 5) is 46.1. The molecule has 364 valence electrons. The summed E-state index contributed by atoms with van der Waals surface area (Å²) < 4.78 is 32.7. The van der Waals surface area contributed by atoms with E-state index in [9.17, 15) is 28.9 Å². The van der Waals surface area contributed by atoms with Crippen LogP contribution in [0.1, 0.15) is 200 Å². The summed E-state index contributed by atoms with van der Waals surface area (Å²) in [6.07, 6.45) is 49.6. The van der Waals surface area contributed by atoms with Crippen molar-refractivity contribution in [2.24, 2.45) is 5.73 Å². The molecule has 0 saturated carbocycles. The van der Waals surface area contributed by atoms with Crippen LogP contribution < -0.4 is 5.73 Å². The molecule has 0 aromatic carbocycles. The fraction of sp³-hybridized carbons (Fsp3) is 0.740. The fourth-order valence-electron chi connectivity index (χ4n) is 6.47. The van der Waals surface area contributed by atoms with E-state index in [1.165, 1.54) is 109 Å². The van der Waals surface area contributed by atoms with Crippen LogP contribution >= 0.6 is 7.82 Å². The highest BCUT2D eigenvalue weighted by atomic mass is 31.2. The molecular weight excluding hydrogens is 822 g/mol. The van der Waals surface area contributed by atoms with Crippen LogP contribution in [-0.4, -0.2) is 71.1 Å². The predicted molar refractivity (Wildman–Crippen MR) is 255 cm³/mol. The molecule has 0 aromatic rings. The standard InChI is InChI=1S/C50H88NO11P/c1-3-5-6-7-8-9-10-11-12-13-14-15-16-17-18-23-26-29-32-35-38-41-49(54)62-46(43-60-63(57,58)61-44-47(51)50(55)56)42-59-48(53)40-37-34-31-28-25-22-20-19-21-24-27-30-33-36-39-45(52)4-2/h20-22,24,28,30-31,33,36,39,45-47,52H,3-19,23,25-27,29,32,34-35,37-38,40-44,51H2,1-2H3,(H,55,56)(H,57,58)/b22-20-,24-21-,31-28-,33-30-,39-36+/t45-,46+,47-/m0/s1. The van der Waals surface area contributed by atoms with E-state index in [0.29, 0.717) is 25.7 Å². The number of allylic oxidation sites excluding steroid dienone is 9. The number of nitrogens with two attached hydrogens (primary N) is 1. The van der Waals surface area contributed by atoms with Gasteiger partial charge < -0.3 is 30.3 Å². The number of phosphoric acid groups is 1. The number of carbonyl (C=O) groups excluding carboxylic acids is 2. The van der Waals surface area contributed by atoms with Crippen LogP contribution in [0.15, 0.2) is 60.8 Å². The van der Waals surface area contributed by atoms with Crippen LogP contribution in [-0.2, 0) is 37.5 Å². The van der Waals surface area contributed by atoms with E-state index in [4.69, 9.17) is 24.8 Å². The molecule has 0 saturated heterocycles. The second-order valence-corrected chi connectivity index (χ2v) is 17.9. The van der Waals surface area contributed by atoms with Gasteiger partial charge in [0.1, 0.15) is 12.6 Å². The Kier molecular flexibility index (Phi) is 42.3. The Morgan fingerprint density at radius 3 is 1.51 bits per heavy atom. The van der Waals surface area contributed by atoms with Gasteiger partial charge in [-0.25, -0.2) is 4.57 Å². The summed E-state index contributed by atoms with van der Waals surface area (Å²) in [6.45, 7) is 2.43. The van der Waals surface area contributed by atoms with Gasteiger partial charge in [0.15, 0.2) is 6.10 Å². The minimum absolute atomic E-state index is 0.129. The average Bonchev–Trinajstić information content (AvgIpc) is 3.26. The maximum Gasteiger partial charge on any atom is 0.472 e. The van der Waals surface area contributed by atoms with Crippen molar-refractivity contribution < 1.29 is 52.6 Å². The van der Waals surface area contributed by atoms with Crippen molar-refractivity contribution in [3.05, 3.63) is 60.8 Å². The Morgan fingerprint density at radius 2 is 1.02 bits per heavy atom. The van der Waals surface area contributed by atoms with E-state index in [1.807, 2.05) is 37.3 Å². The number of carboxylic acid groups (broad SMARTS) is 1. The molecule has 0 radical (unpaired) electrons. The Labute approximate surface area is 381 Å². The maximum atomic E-state index is 12.7. The highest BCUT2D eigenvalue weighted by Gasteiger charge is 2.28. The van der Waals surface area contributed by atoms with Gasteiger partial charge in [0, 0.05) is 12.8 Å². The summed E-state index contributed by atoms with van der Waals surface area (Å²) in [5, 5.41) is 18.4. The molecule has 0 aliphatic rings. The van der Waals surface area contributed by atoms with E-state index >= 15 is 0 Å². The summed E-state index contributed by atoms with van der Waals surface area (Å²) in [7, 11) is -4.74. The molecule has 0 bridgehead atoms. The Morgan fingerprint density at radius 1 is 0.571 bits per heavy atom. The molecule has 0 aliphatic carbocycles. The zero-order valence-electron chi connectivity index (χ0n) is 39.3. The Bertz CT molecular complexity index is 1310. The third kappa shape index (κ3) is 44.1. The first-order valence-electron chi connectivity index (χ1n) is 24.4. The normalized spacial score (nSPS) is 14.6. The van der Waals surface area contributed by atoms with Crippen LogP contribution in [0, 0.1) is 0 Å². The van der Waals surface area contributed by atoms with E-state index in [0.717, 1.165) is 38.5 Å². The molecule has 0 aromatic heterocycles. The van der Waals surface area contributed by atoms with E-state index in [2.05, 4.69) is 35.8 Å². The molecule has 1 unspecified atom stereocenters. The van der Waals surface area contributed by atoms with Gasteiger partial charge in [0.05, 0.1) is 19.3 Å². The summed E-state index contributed by atoms with van der Waals surface area (Å²) in [5.41, 5.74) is 5.34. The minimum atomic E-state index is -4.74. The van der Waals surface area contributed by atoms with Crippen LogP contribution in [0.4, 0.5) is 0 Å². The SMILES string of the molecule is CCCCCCCCCCCCCCCCCCCCCCCC(=O)O[C@H](COC(=O)CCC/C=C\C/C=C\C/C=C\C/C=C\C=C\[C@@H](O)CC)COP(=O)(O)OC[C@H](N)C(=O)O. The number of ether oxygens (including phenoxy) is 2. The van der Waals surface area contributed by atoms with E-state index in [-0.39, 0.29) is 19.4 Å². The van der Waals surface area contributed by atoms with Crippen molar-refractivity contribution in [3.63, 3.8) is 0 Å². The molecule has 0 heterocycles. The zero-order valence-corrected chi connectivity index (χ0v) is 40.2. The quantitative estimate of drug-likeness (QED) is 0.0149. The number of phosphoric ester groups is 1. The van der Waals surface area contributed by atoms with Crippen LogP contribution in [0.2, 0.25) is 0 Å². The molecule has 5 N–H and O–H groups in total. The summed E-state index contributed by atoms with van der Waals surface area (Å²) >= 11 is 0. The van der Waals surface area contributed by atoms with Gasteiger partial charge in [0.2, 0.25) is 0 Å². The lowest BCUT2D eigenvalue weighted by Gasteiger charge is -2.20. The molecule has 0 fully saturated rings. The lowest BCUT2D eigenvalue weighted by Crippen LogP contribution is -2.34. The first kappa shape index (κ1) is 60.1. The van der Waals surface area contributed by atoms with Crippen molar-refractivity contribution in [2.75, 3.05) is 19.8 Å². The van der Waals surface area contributed by atoms with Gasteiger partial charge in [-0.15, -0.1) is 0 Å². The Balaban J connectivity index is 4.35. The zero-order chi connectivity index (χ0) is 46.5. The second-order valence-electron chi connectivity index (χ2n) is 16.4. The first-order chi connectivity index (χ1) is 30.5. The smallest absolute Gasteiger partial charge is 0.472 e. The topological polar surface area (TPSA) is 192 Å². The van der Waals surface area contributed by atoms with Gasteiger partial charge in [-0.1, -0.05) is 203 Å². The molecule has 0 spiro atoms. The Hall–Kier alpha value is -2.86. The molecule has 4 atom stereocenters. The molecular formula is C50H88NO11P. The van der Waals surface area contributed by atoms with Crippen molar-refractivity contribution in [1.29, 1.82) is 0 Å². The number of unbranched alkanes of at least 4 members (excludes halogenated alkanes) is 21. The van der Waals surface area contributed by atoms with Gasteiger partial charge in [0.25, 0.3) is 0 Å². The summed E-state index contributed by atoms with van der Waals surface area (Å²) in [6, 6.07) is -1.54. The monoisotopic (exact) mass is 910 g/mol. The van der Waals surface area contributed by atoms with Gasteiger partial charge in [-0.3, -0.25) is 23.4 Å². The molecule has 13 heteroatoms. The van der Waals surface area contributed by atoms with Crippen molar-refractivity contribution in [3.8, 4) is 0 Å². The largest absolute Gasteiger partial charge is 0.480 e. The number of carbonyl (C=O) groups is 3. The first-order valence-corrected chi connectivity index (χ1v) is 25.9. The van der Waals surface area contributed by atoms with Crippen molar-refractivity contribution >= 4 is 25.7 Å². The number of aliphatic hydroxyl groups is 1. The number of aliphatic hydroxyl groups excluding tert-OH is 1. The van der Waals surface area contributed by atoms with Gasteiger partial charge >= 0.3 is 25.7 Å². The third-order valence-electron chi connectivity index (χ3n) is 10.4. The number of aliphatic carboxylic acids is 1. The highest BCUT2D eigenvalue weighted by molar-refractivity contribution is 7.47. The van der Waals surface area contributed by atoms with Crippen molar-refractivity contribution in [1.82, 2.24) is 0 Å². The molecule has 0 amide bonds. The molecule has 0 rings (SSSR count). The number of rotatable bonds is 45. The lowest BCUT2D eigenvalue weighted by atomic mass is 10.0. The van der Waals surface area contributed by atoms with Crippen LogP contribution in [0.3, 0.4) is 0 Å². The van der Waals surface area contributed by atoms with Gasteiger partial charge in [-0.05, 0) is 44.9 Å². The van der Waals surface area contributed by atoms with Gasteiger partial charge in [-0.2, -0.15) is 0 Å². The number of hydrogen-bond acceptors (Lipinski definition) is 10. The summed E-state index contributed by atoms with van der Waals surface area (Å²) in [5.74, 6) is -2.47.